The number of nitrogens with one attached hydrogen (secondary N) is 1. The first-order chi connectivity index (χ1) is 9.17. The van der Waals surface area contributed by atoms with Crippen LogP contribution in [0.15, 0.2) is 12.1 Å². The van der Waals surface area contributed by atoms with Crippen LogP contribution in [-0.4, -0.2) is 34.4 Å². The van der Waals surface area contributed by atoms with Crippen LogP contribution in [0.2, 0.25) is 0 Å². The highest BCUT2D eigenvalue weighted by Crippen LogP contribution is 2.39. The zero-order chi connectivity index (χ0) is 14.3. The van der Waals surface area contributed by atoms with E-state index in [0.29, 0.717) is 23.8 Å². The summed E-state index contributed by atoms with van der Waals surface area (Å²) in [6, 6.07) is 4.11. The van der Waals surface area contributed by atoms with E-state index in [4.69, 9.17) is 19.9 Å². The van der Waals surface area contributed by atoms with Crippen molar-refractivity contribution in [2.24, 2.45) is 5.73 Å². The summed E-state index contributed by atoms with van der Waals surface area (Å²) in [5.74, 6) is 1.96. The van der Waals surface area contributed by atoms with Crippen molar-refractivity contribution in [3.05, 3.63) is 17.7 Å². The van der Waals surface area contributed by atoms with E-state index in [-0.39, 0.29) is 6.04 Å². The first-order valence-corrected chi connectivity index (χ1v) is 6.41. The smallest absolute Gasteiger partial charge is 0.203 e. The van der Waals surface area contributed by atoms with E-state index < -0.39 is 0 Å². The van der Waals surface area contributed by atoms with Gasteiger partial charge in [-0.25, -0.2) is 0 Å². The van der Waals surface area contributed by atoms with Gasteiger partial charge in [-0.3, -0.25) is 0 Å². The molecule has 1 aromatic rings. The summed E-state index contributed by atoms with van der Waals surface area (Å²) in [6.07, 6.45) is 0.953. The molecule has 0 heterocycles. The number of nitrogens with two attached hydrogens (primary N) is 1. The van der Waals surface area contributed by atoms with Crippen molar-refractivity contribution >= 4 is 0 Å². The molecular weight excluding hydrogens is 244 g/mol. The minimum Gasteiger partial charge on any atom is -0.493 e. The summed E-state index contributed by atoms with van der Waals surface area (Å²) in [6.45, 7) is 3.67. The standard InChI is InChI=1S/C14H24N2O3/c1-10(16-7-5-6-15)11-8-12(17-2)14(19-4)13(9-11)18-3/h8-10,16H,5-7,15H2,1-4H3. The van der Waals surface area contributed by atoms with Crippen molar-refractivity contribution < 1.29 is 14.2 Å². The molecule has 0 aliphatic rings. The van der Waals surface area contributed by atoms with Crippen LogP contribution in [0.1, 0.15) is 24.9 Å². The molecule has 1 aromatic carbocycles. The molecule has 0 amide bonds. The first-order valence-electron chi connectivity index (χ1n) is 6.41. The van der Waals surface area contributed by atoms with Gasteiger partial charge in [0.25, 0.3) is 0 Å². The van der Waals surface area contributed by atoms with Gasteiger partial charge in [0.15, 0.2) is 11.5 Å². The van der Waals surface area contributed by atoms with Crippen molar-refractivity contribution in [3.8, 4) is 17.2 Å². The summed E-state index contributed by atoms with van der Waals surface area (Å²) < 4.78 is 16.0. The van der Waals surface area contributed by atoms with Crippen molar-refractivity contribution in [2.75, 3.05) is 34.4 Å². The average Bonchev–Trinajstić information content (AvgIpc) is 2.45. The Labute approximate surface area is 115 Å². The molecule has 3 N–H and O–H groups in total. The Hall–Kier alpha value is -1.46. The molecule has 0 radical (unpaired) electrons. The minimum absolute atomic E-state index is 0.195. The molecule has 0 bridgehead atoms. The minimum atomic E-state index is 0.195. The van der Waals surface area contributed by atoms with Gasteiger partial charge in [0.2, 0.25) is 5.75 Å². The second-order valence-corrected chi connectivity index (χ2v) is 4.28. The average molecular weight is 268 g/mol. The van der Waals surface area contributed by atoms with Crippen LogP contribution in [0.4, 0.5) is 0 Å². The summed E-state index contributed by atoms with van der Waals surface area (Å²) in [5, 5.41) is 3.41. The first kappa shape index (κ1) is 15.6. The lowest BCUT2D eigenvalue weighted by Gasteiger charge is -2.18. The fourth-order valence-electron chi connectivity index (χ4n) is 1.89. The van der Waals surface area contributed by atoms with E-state index in [9.17, 15) is 0 Å². The number of ether oxygens (including phenoxy) is 3. The second kappa shape index (κ2) is 7.86. The lowest BCUT2D eigenvalue weighted by atomic mass is 10.1. The number of rotatable bonds is 8. The van der Waals surface area contributed by atoms with E-state index >= 15 is 0 Å². The summed E-state index contributed by atoms with van der Waals surface area (Å²) in [4.78, 5) is 0. The Morgan fingerprint density at radius 1 is 1.11 bits per heavy atom. The molecule has 1 atom stereocenters. The van der Waals surface area contributed by atoms with Crippen LogP contribution in [0.5, 0.6) is 17.2 Å². The van der Waals surface area contributed by atoms with Crippen LogP contribution < -0.4 is 25.3 Å². The van der Waals surface area contributed by atoms with Crippen molar-refractivity contribution in [1.82, 2.24) is 5.32 Å². The molecule has 0 aliphatic heterocycles. The Bertz CT molecular complexity index is 371. The van der Waals surface area contributed by atoms with Crippen LogP contribution in [0, 0.1) is 0 Å². The summed E-state index contributed by atoms with van der Waals surface area (Å²) in [5.41, 5.74) is 6.58. The quantitative estimate of drug-likeness (QED) is 0.703. The van der Waals surface area contributed by atoms with Gasteiger partial charge < -0.3 is 25.3 Å². The molecule has 0 aromatic heterocycles. The predicted molar refractivity (Wildman–Crippen MR) is 76.2 cm³/mol. The molecule has 0 aliphatic carbocycles. The summed E-state index contributed by atoms with van der Waals surface area (Å²) >= 11 is 0. The fraction of sp³-hybridized carbons (Fsp3) is 0.571. The maximum absolute atomic E-state index is 5.49. The molecule has 5 nitrogen and oxygen atoms in total. The van der Waals surface area contributed by atoms with E-state index in [0.717, 1.165) is 18.5 Å². The van der Waals surface area contributed by atoms with E-state index in [1.165, 1.54) is 0 Å². The SMILES string of the molecule is COc1cc(C(C)NCCCN)cc(OC)c1OC. The van der Waals surface area contributed by atoms with E-state index in [1.54, 1.807) is 21.3 Å². The number of hydrogen-bond donors (Lipinski definition) is 2. The normalized spacial score (nSPS) is 12.1. The molecule has 108 valence electrons. The van der Waals surface area contributed by atoms with E-state index in [1.807, 2.05) is 12.1 Å². The zero-order valence-electron chi connectivity index (χ0n) is 12.2. The molecule has 0 spiro atoms. The molecule has 0 saturated heterocycles. The van der Waals surface area contributed by atoms with Crippen LogP contribution >= 0.6 is 0 Å². The largest absolute Gasteiger partial charge is 0.493 e. The van der Waals surface area contributed by atoms with Crippen molar-refractivity contribution in [2.45, 2.75) is 19.4 Å². The predicted octanol–water partition coefficient (Wildman–Crippen LogP) is 1.71. The van der Waals surface area contributed by atoms with Crippen LogP contribution in [0.3, 0.4) is 0 Å². The number of methoxy groups -OCH3 is 3. The maximum Gasteiger partial charge on any atom is 0.203 e. The van der Waals surface area contributed by atoms with Gasteiger partial charge in [-0.05, 0) is 44.1 Å². The molecule has 1 unspecified atom stereocenters. The zero-order valence-corrected chi connectivity index (χ0v) is 12.2. The van der Waals surface area contributed by atoms with Crippen LogP contribution in [0.25, 0.3) is 0 Å². The lowest BCUT2D eigenvalue weighted by Crippen LogP contribution is -2.22. The molecule has 0 saturated carbocycles. The van der Waals surface area contributed by atoms with E-state index in [2.05, 4.69) is 12.2 Å². The third-order valence-electron chi connectivity index (χ3n) is 3.02. The monoisotopic (exact) mass is 268 g/mol. The molecule has 1 rings (SSSR count). The van der Waals surface area contributed by atoms with Gasteiger partial charge in [0.1, 0.15) is 0 Å². The van der Waals surface area contributed by atoms with Gasteiger partial charge in [-0.1, -0.05) is 0 Å². The van der Waals surface area contributed by atoms with Gasteiger partial charge in [-0.2, -0.15) is 0 Å². The Morgan fingerprint density at radius 2 is 1.68 bits per heavy atom. The van der Waals surface area contributed by atoms with Crippen molar-refractivity contribution in [3.63, 3.8) is 0 Å². The highest BCUT2D eigenvalue weighted by molar-refractivity contribution is 5.54. The molecule has 5 heteroatoms. The van der Waals surface area contributed by atoms with Crippen LogP contribution in [-0.2, 0) is 0 Å². The third-order valence-corrected chi connectivity index (χ3v) is 3.02. The van der Waals surface area contributed by atoms with Gasteiger partial charge in [-0.15, -0.1) is 0 Å². The molecule has 0 fully saturated rings. The summed E-state index contributed by atoms with van der Waals surface area (Å²) in [7, 11) is 4.84. The second-order valence-electron chi connectivity index (χ2n) is 4.28. The lowest BCUT2D eigenvalue weighted by molar-refractivity contribution is 0.323. The maximum atomic E-state index is 5.49. The Balaban J connectivity index is 2.95. The van der Waals surface area contributed by atoms with Crippen molar-refractivity contribution in [1.29, 1.82) is 0 Å². The fourth-order valence-corrected chi connectivity index (χ4v) is 1.89. The number of hydrogen-bond acceptors (Lipinski definition) is 5. The van der Waals surface area contributed by atoms with Gasteiger partial charge >= 0.3 is 0 Å². The molecular formula is C14H24N2O3. The van der Waals surface area contributed by atoms with Gasteiger partial charge in [0, 0.05) is 6.04 Å². The Kier molecular flexibility index (Phi) is 6.45. The Morgan fingerprint density at radius 3 is 2.11 bits per heavy atom. The van der Waals surface area contributed by atoms with Gasteiger partial charge in [0.05, 0.1) is 21.3 Å². The highest BCUT2D eigenvalue weighted by Gasteiger charge is 2.15. The molecule has 19 heavy (non-hydrogen) atoms. The topological polar surface area (TPSA) is 65.7 Å². The number of benzene rings is 1. The third kappa shape index (κ3) is 4.01. The highest BCUT2D eigenvalue weighted by atomic mass is 16.5.